The van der Waals surface area contributed by atoms with E-state index < -0.39 is 0 Å². The number of benzene rings is 2. The average molecular weight is 498 g/mol. The number of nitrogens with zero attached hydrogens (tertiary/aromatic N) is 1. The van der Waals surface area contributed by atoms with E-state index in [1.165, 1.54) is 11.8 Å². The highest BCUT2D eigenvalue weighted by atomic mass is 35.5. The van der Waals surface area contributed by atoms with Gasteiger partial charge >= 0.3 is 0 Å². The van der Waals surface area contributed by atoms with Crippen molar-refractivity contribution in [2.75, 3.05) is 0 Å². The van der Waals surface area contributed by atoms with Crippen LogP contribution in [-0.2, 0) is 4.79 Å². The smallest absolute Gasteiger partial charge is 0.264 e. The summed E-state index contributed by atoms with van der Waals surface area (Å²) in [5.74, 6) is -0.172. The molecular weight excluding hydrogens is 487 g/mol. The molecule has 9 heteroatoms. The fourth-order valence-corrected chi connectivity index (χ4v) is 5.76. The number of hydrogen-bond donors (Lipinski definition) is 1. The molecule has 0 aliphatic carbocycles. The molecule has 0 saturated carbocycles. The Hall–Kier alpha value is -1.41. The number of carbonyl (C=O) groups is 1. The largest absolute Gasteiger partial charge is 0.300 e. The van der Waals surface area contributed by atoms with E-state index in [0.717, 1.165) is 14.0 Å². The summed E-state index contributed by atoms with van der Waals surface area (Å²) in [5, 5.41) is 4.88. The van der Waals surface area contributed by atoms with E-state index in [9.17, 15) is 4.79 Å². The lowest BCUT2D eigenvalue weighted by Gasteiger charge is -1.98. The Balaban J connectivity index is 1.48. The number of thiophene rings is 1. The minimum absolute atomic E-state index is 0.172. The van der Waals surface area contributed by atoms with Crippen LogP contribution < -0.4 is 5.32 Å². The van der Waals surface area contributed by atoms with E-state index in [4.69, 9.17) is 34.8 Å². The maximum Gasteiger partial charge on any atom is 0.264 e. The molecule has 146 valence electrons. The van der Waals surface area contributed by atoms with Crippen LogP contribution in [-0.4, -0.2) is 11.1 Å². The van der Waals surface area contributed by atoms with E-state index in [2.05, 4.69) is 10.3 Å². The zero-order chi connectivity index (χ0) is 20.4. The Morgan fingerprint density at radius 1 is 0.966 bits per heavy atom. The topological polar surface area (TPSA) is 41.5 Å². The van der Waals surface area contributed by atoms with Gasteiger partial charge in [0, 0.05) is 14.8 Å². The predicted octanol–water partition coefficient (Wildman–Crippen LogP) is 7.75. The number of aliphatic imine (C=N–C) groups is 1. The number of thioether (sulfide) groups is 1. The van der Waals surface area contributed by atoms with E-state index in [-0.39, 0.29) is 5.91 Å². The number of rotatable bonds is 4. The summed E-state index contributed by atoms with van der Waals surface area (Å²) in [4.78, 5) is 19.4. The molecule has 1 aliphatic heterocycles. The van der Waals surface area contributed by atoms with Crippen LogP contribution in [0, 0.1) is 0 Å². The molecule has 1 aliphatic rings. The summed E-state index contributed by atoms with van der Waals surface area (Å²) < 4.78 is 1.13. The second-order valence-electron chi connectivity index (χ2n) is 5.79. The van der Waals surface area contributed by atoms with Crippen molar-refractivity contribution in [1.29, 1.82) is 0 Å². The summed E-state index contributed by atoms with van der Waals surface area (Å²) in [6.07, 6.45) is 1.87. The molecule has 3 nitrogen and oxygen atoms in total. The summed E-state index contributed by atoms with van der Waals surface area (Å²) in [6.45, 7) is 0. The fraction of sp³-hybridized carbons (Fsp3) is 0. The van der Waals surface area contributed by atoms with Gasteiger partial charge in [0.2, 0.25) is 0 Å². The van der Waals surface area contributed by atoms with Gasteiger partial charge < -0.3 is 5.32 Å². The van der Waals surface area contributed by atoms with Gasteiger partial charge in [-0.2, -0.15) is 0 Å². The molecule has 0 atom stereocenters. The van der Waals surface area contributed by atoms with Gasteiger partial charge in [-0.25, -0.2) is 4.99 Å². The van der Waals surface area contributed by atoms with Crippen molar-refractivity contribution in [2.45, 2.75) is 9.10 Å². The van der Waals surface area contributed by atoms with Crippen molar-refractivity contribution >= 4 is 92.5 Å². The van der Waals surface area contributed by atoms with Crippen molar-refractivity contribution in [3.05, 3.63) is 79.4 Å². The highest BCUT2D eigenvalue weighted by Gasteiger charge is 2.24. The maximum atomic E-state index is 12.3. The zero-order valence-corrected chi connectivity index (χ0v) is 19.2. The summed E-state index contributed by atoms with van der Waals surface area (Å²) in [6, 6.07) is 16.8. The monoisotopic (exact) mass is 496 g/mol. The van der Waals surface area contributed by atoms with Gasteiger partial charge in [0.1, 0.15) is 0 Å². The van der Waals surface area contributed by atoms with Crippen LogP contribution in [0.15, 0.2) is 73.6 Å². The van der Waals surface area contributed by atoms with Gasteiger partial charge in [-0.1, -0.05) is 46.6 Å². The maximum absolute atomic E-state index is 12.3. The molecule has 3 aromatic rings. The van der Waals surface area contributed by atoms with Crippen LogP contribution in [0.25, 0.3) is 6.08 Å². The number of amides is 1. The Kier molecular flexibility index (Phi) is 6.59. The molecule has 0 bridgehead atoms. The molecule has 29 heavy (non-hydrogen) atoms. The first kappa shape index (κ1) is 20.8. The lowest BCUT2D eigenvalue weighted by molar-refractivity contribution is -0.115. The predicted molar refractivity (Wildman–Crippen MR) is 127 cm³/mol. The van der Waals surface area contributed by atoms with Crippen LogP contribution in [0.2, 0.25) is 15.1 Å². The molecule has 4 rings (SSSR count). The number of nitrogens with one attached hydrogen (secondary N) is 1. The Bertz CT molecular complexity index is 1140. The van der Waals surface area contributed by atoms with Gasteiger partial charge in [-0.3, -0.25) is 4.79 Å². The molecule has 1 fully saturated rings. The molecule has 2 heterocycles. The Morgan fingerprint density at radius 3 is 2.52 bits per heavy atom. The van der Waals surface area contributed by atoms with Gasteiger partial charge in [0.25, 0.3) is 5.91 Å². The van der Waals surface area contributed by atoms with Gasteiger partial charge in [0.15, 0.2) is 5.17 Å². The van der Waals surface area contributed by atoms with E-state index in [1.807, 2.05) is 42.5 Å². The highest BCUT2D eigenvalue weighted by molar-refractivity contribution is 8.18. The zero-order valence-electron chi connectivity index (χ0n) is 14.5. The highest BCUT2D eigenvalue weighted by Crippen LogP contribution is 2.36. The van der Waals surface area contributed by atoms with E-state index >= 15 is 0 Å². The molecular formula is C20H11Cl3N2OS3. The lowest BCUT2D eigenvalue weighted by Crippen LogP contribution is -2.19. The molecule has 1 N–H and O–H groups in total. The first-order valence-electron chi connectivity index (χ1n) is 8.24. The molecule has 0 unspecified atom stereocenters. The van der Waals surface area contributed by atoms with Crippen LogP contribution in [0.4, 0.5) is 5.69 Å². The lowest BCUT2D eigenvalue weighted by atomic mass is 10.3. The van der Waals surface area contributed by atoms with E-state index in [1.54, 1.807) is 41.3 Å². The average Bonchev–Trinajstić information content (AvgIpc) is 3.27. The summed E-state index contributed by atoms with van der Waals surface area (Å²) >= 11 is 22.4. The minimum atomic E-state index is -0.172. The summed E-state index contributed by atoms with van der Waals surface area (Å²) in [7, 11) is 0. The third-order valence-electron chi connectivity index (χ3n) is 3.69. The molecule has 1 aromatic heterocycles. The second kappa shape index (κ2) is 9.16. The van der Waals surface area contributed by atoms with Crippen LogP contribution in [0.1, 0.15) is 4.88 Å². The Morgan fingerprint density at radius 2 is 1.76 bits per heavy atom. The molecule has 0 radical (unpaired) electrons. The Labute approximate surface area is 195 Å². The number of amidine groups is 1. The molecule has 2 aromatic carbocycles. The first-order valence-corrected chi connectivity index (χ1v) is 11.8. The van der Waals surface area contributed by atoms with E-state index in [0.29, 0.717) is 30.8 Å². The van der Waals surface area contributed by atoms with Crippen molar-refractivity contribution in [1.82, 2.24) is 5.32 Å². The fourth-order valence-electron chi connectivity index (χ4n) is 2.37. The SMILES string of the molecule is O=C1NC(=Nc2ccc(Cl)c(Cl)c2)SC1=Cc1ccc(Sc2ccc(Cl)cc2)s1. The minimum Gasteiger partial charge on any atom is -0.300 e. The summed E-state index contributed by atoms with van der Waals surface area (Å²) in [5.41, 5.74) is 0.626. The van der Waals surface area contributed by atoms with Gasteiger partial charge in [-0.15, -0.1) is 11.3 Å². The second-order valence-corrected chi connectivity index (χ2v) is 10.6. The van der Waals surface area contributed by atoms with Crippen LogP contribution in [0.5, 0.6) is 0 Å². The van der Waals surface area contributed by atoms with Crippen molar-refractivity contribution in [3.8, 4) is 0 Å². The van der Waals surface area contributed by atoms with Crippen molar-refractivity contribution in [3.63, 3.8) is 0 Å². The third kappa shape index (κ3) is 5.40. The molecule has 1 amide bonds. The van der Waals surface area contributed by atoms with Gasteiger partial charge in [-0.05, 0) is 72.4 Å². The number of carbonyl (C=O) groups excluding carboxylic acids is 1. The molecule has 1 saturated heterocycles. The van der Waals surface area contributed by atoms with Crippen LogP contribution in [0.3, 0.4) is 0 Å². The number of halogens is 3. The normalized spacial score (nSPS) is 16.6. The molecule has 0 spiro atoms. The first-order chi connectivity index (χ1) is 14.0. The number of hydrogen-bond acceptors (Lipinski definition) is 5. The standard InChI is InChI=1S/C20H11Cl3N2OS3/c21-11-1-4-13(5-2-11)27-18-8-6-14(28-18)10-17-19(26)25-20(29-17)24-12-3-7-15(22)16(23)9-12/h1-10H,(H,24,25,26). The van der Waals surface area contributed by atoms with Crippen molar-refractivity contribution in [2.24, 2.45) is 4.99 Å². The van der Waals surface area contributed by atoms with Gasteiger partial charge in [0.05, 0.1) is 24.8 Å². The van der Waals surface area contributed by atoms with Crippen molar-refractivity contribution < 1.29 is 4.79 Å². The quantitative estimate of drug-likeness (QED) is 0.375. The van der Waals surface area contributed by atoms with Crippen LogP contribution >= 0.6 is 69.7 Å². The third-order valence-corrected chi connectivity index (χ3v) is 7.77.